The zero-order valence-electron chi connectivity index (χ0n) is 8.63. The molecule has 0 rings (SSSR count). The van der Waals surface area contributed by atoms with Gasteiger partial charge in [-0.1, -0.05) is 13.8 Å². The van der Waals surface area contributed by atoms with E-state index >= 15 is 0 Å². The van der Waals surface area contributed by atoms with E-state index in [0.29, 0.717) is 18.9 Å². The Bertz CT molecular complexity index is 107. The van der Waals surface area contributed by atoms with Crippen molar-refractivity contribution in [2.75, 3.05) is 19.8 Å². The van der Waals surface area contributed by atoms with Crippen molar-refractivity contribution >= 4 is 0 Å². The van der Waals surface area contributed by atoms with Gasteiger partial charge in [0, 0.05) is 13.2 Å². The maximum atomic E-state index is 12.5. The van der Waals surface area contributed by atoms with Crippen LogP contribution in [0.4, 0.5) is 4.39 Å². The molecule has 0 aromatic rings. The van der Waals surface area contributed by atoms with Gasteiger partial charge in [-0.05, 0) is 25.2 Å². The highest BCUT2D eigenvalue weighted by molar-refractivity contribution is 4.53. The van der Waals surface area contributed by atoms with Gasteiger partial charge in [0.25, 0.3) is 0 Å². The van der Waals surface area contributed by atoms with Gasteiger partial charge in [0.1, 0.15) is 6.17 Å². The van der Waals surface area contributed by atoms with Gasteiger partial charge in [0.15, 0.2) is 0 Å². The molecule has 1 atom stereocenters. The minimum atomic E-state index is -1.05. The molecule has 0 aliphatic carbocycles. The van der Waals surface area contributed by atoms with E-state index in [1.165, 1.54) is 0 Å². The number of alkyl halides is 1. The Hall–Kier alpha value is -0.150. The van der Waals surface area contributed by atoms with E-state index in [4.69, 9.17) is 9.84 Å². The molecule has 13 heavy (non-hydrogen) atoms. The summed E-state index contributed by atoms with van der Waals surface area (Å²) < 4.78 is 17.8. The molecule has 0 fully saturated rings. The minimum Gasteiger partial charge on any atom is -0.393 e. The van der Waals surface area contributed by atoms with Crippen molar-refractivity contribution in [1.82, 2.24) is 0 Å². The lowest BCUT2D eigenvalue weighted by molar-refractivity contribution is 0.102. The van der Waals surface area contributed by atoms with Crippen LogP contribution in [0.1, 0.15) is 33.1 Å². The van der Waals surface area contributed by atoms with E-state index in [-0.39, 0.29) is 6.61 Å². The lowest BCUT2D eigenvalue weighted by atomic mass is 10.2. The van der Waals surface area contributed by atoms with E-state index in [1.807, 2.05) is 0 Å². The van der Waals surface area contributed by atoms with E-state index in [2.05, 4.69) is 13.8 Å². The SMILES string of the molecule is CC(C)COCCCCC(F)CO. The van der Waals surface area contributed by atoms with Crippen LogP contribution in [0, 0.1) is 5.92 Å². The van der Waals surface area contributed by atoms with Crippen LogP contribution < -0.4 is 0 Å². The van der Waals surface area contributed by atoms with E-state index in [1.54, 1.807) is 0 Å². The summed E-state index contributed by atoms with van der Waals surface area (Å²) in [6.07, 6.45) is 1.07. The topological polar surface area (TPSA) is 29.5 Å². The first kappa shape index (κ1) is 12.8. The Morgan fingerprint density at radius 1 is 1.31 bits per heavy atom. The van der Waals surface area contributed by atoms with Gasteiger partial charge in [-0.25, -0.2) is 4.39 Å². The highest BCUT2D eigenvalue weighted by atomic mass is 19.1. The van der Waals surface area contributed by atoms with E-state index in [0.717, 1.165) is 19.4 Å². The standard InChI is InChI=1S/C10H21FO2/c1-9(2)8-13-6-4-3-5-10(11)7-12/h9-10,12H,3-8H2,1-2H3. The fourth-order valence-corrected chi connectivity index (χ4v) is 0.980. The average Bonchev–Trinajstić information content (AvgIpc) is 2.10. The van der Waals surface area contributed by atoms with Crippen LogP contribution in [-0.4, -0.2) is 31.1 Å². The van der Waals surface area contributed by atoms with Crippen LogP contribution in [0.2, 0.25) is 0 Å². The summed E-state index contributed by atoms with van der Waals surface area (Å²) in [5.41, 5.74) is 0. The van der Waals surface area contributed by atoms with Gasteiger partial charge < -0.3 is 9.84 Å². The Kier molecular flexibility index (Phi) is 8.35. The van der Waals surface area contributed by atoms with Crippen LogP contribution in [0.5, 0.6) is 0 Å². The van der Waals surface area contributed by atoms with Gasteiger partial charge in [-0.3, -0.25) is 0 Å². The first-order chi connectivity index (χ1) is 6.16. The molecule has 0 radical (unpaired) electrons. The molecule has 0 amide bonds. The molecule has 0 spiro atoms. The number of aliphatic hydroxyl groups excluding tert-OH is 1. The summed E-state index contributed by atoms with van der Waals surface area (Å²) in [6.45, 7) is 5.33. The largest absolute Gasteiger partial charge is 0.393 e. The fraction of sp³-hybridized carbons (Fsp3) is 1.00. The maximum Gasteiger partial charge on any atom is 0.123 e. The summed E-state index contributed by atoms with van der Waals surface area (Å²) in [6, 6.07) is 0. The van der Waals surface area contributed by atoms with Crippen molar-refractivity contribution in [2.45, 2.75) is 39.3 Å². The molecule has 1 unspecified atom stereocenters. The summed E-state index contributed by atoms with van der Waals surface area (Å²) in [5.74, 6) is 0.561. The average molecular weight is 192 g/mol. The Labute approximate surface area is 80.1 Å². The molecule has 0 aromatic carbocycles. The van der Waals surface area contributed by atoms with Crippen LogP contribution >= 0.6 is 0 Å². The van der Waals surface area contributed by atoms with Gasteiger partial charge in [0.05, 0.1) is 6.61 Å². The van der Waals surface area contributed by atoms with Crippen molar-refractivity contribution < 1.29 is 14.2 Å². The second kappa shape index (κ2) is 8.45. The number of unbranched alkanes of at least 4 members (excludes halogenated alkanes) is 1. The quantitative estimate of drug-likeness (QED) is 0.597. The Morgan fingerprint density at radius 3 is 2.54 bits per heavy atom. The molecule has 1 N–H and O–H groups in total. The minimum absolute atomic E-state index is 0.354. The van der Waals surface area contributed by atoms with Gasteiger partial charge in [0.2, 0.25) is 0 Å². The normalized spacial score (nSPS) is 13.6. The molecule has 0 saturated carbocycles. The van der Waals surface area contributed by atoms with Crippen molar-refractivity contribution in [3.05, 3.63) is 0 Å². The molecular formula is C10H21FO2. The van der Waals surface area contributed by atoms with Crippen LogP contribution in [0.25, 0.3) is 0 Å². The molecular weight excluding hydrogens is 171 g/mol. The number of halogens is 1. The molecule has 80 valence electrons. The van der Waals surface area contributed by atoms with Crippen LogP contribution in [0.15, 0.2) is 0 Å². The predicted octanol–water partition coefficient (Wildman–Crippen LogP) is 2.16. The fourth-order valence-electron chi connectivity index (χ4n) is 0.980. The lowest BCUT2D eigenvalue weighted by Crippen LogP contribution is -2.07. The smallest absolute Gasteiger partial charge is 0.123 e. The van der Waals surface area contributed by atoms with Crippen LogP contribution in [-0.2, 0) is 4.74 Å². The van der Waals surface area contributed by atoms with Gasteiger partial charge in [-0.2, -0.15) is 0 Å². The van der Waals surface area contributed by atoms with Crippen molar-refractivity contribution in [3.8, 4) is 0 Å². The third-order valence-electron chi connectivity index (χ3n) is 1.71. The molecule has 2 nitrogen and oxygen atoms in total. The highest BCUT2D eigenvalue weighted by Crippen LogP contribution is 2.04. The second-order valence-corrected chi connectivity index (χ2v) is 3.74. The lowest BCUT2D eigenvalue weighted by Gasteiger charge is -2.07. The monoisotopic (exact) mass is 192 g/mol. The third-order valence-corrected chi connectivity index (χ3v) is 1.71. The zero-order valence-corrected chi connectivity index (χ0v) is 8.63. The second-order valence-electron chi connectivity index (χ2n) is 3.74. The van der Waals surface area contributed by atoms with Gasteiger partial charge >= 0.3 is 0 Å². The summed E-state index contributed by atoms with van der Waals surface area (Å²) in [7, 11) is 0. The van der Waals surface area contributed by atoms with E-state index < -0.39 is 6.17 Å². The van der Waals surface area contributed by atoms with E-state index in [9.17, 15) is 4.39 Å². The molecule has 0 heterocycles. The molecule has 0 aliphatic heterocycles. The van der Waals surface area contributed by atoms with Gasteiger partial charge in [-0.15, -0.1) is 0 Å². The summed E-state index contributed by atoms with van der Waals surface area (Å²) >= 11 is 0. The van der Waals surface area contributed by atoms with Crippen molar-refractivity contribution in [2.24, 2.45) is 5.92 Å². The Morgan fingerprint density at radius 2 is 2.00 bits per heavy atom. The number of ether oxygens (including phenoxy) is 1. The molecule has 0 bridgehead atoms. The maximum absolute atomic E-state index is 12.5. The Balaban J connectivity index is 2.99. The van der Waals surface area contributed by atoms with Crippen LogP contribution in [0.3, 0.4) is 0 Å². The molecule has 0 aliphatic rings. The number of hydrogen-bond acceptors (Lipinski definition) is 2. The molecule has 0 aromatic heterocycles. The first-order valence-electron chi connectivity index (χ1n) is 4.99. The number of rotatable bonds is 8. The zero-order chi connectivity index (χ0) is 10.1. The third kappa shape index (κ3) is 9.77. The first-order valence-corrected chi connectivity index (χ1v) is 4.99. The number of hydrogen-bond donors (Lipinski definition) is 1. The van der Waals surface area contributed by atoms with Crippen molar-refractivity contribution in [1.29, 1.82) is 0 Å². The van der Waals surface area contributed by atoms with Crippen molar-refractivity contribution in [3.63, 3.8) is 0 Å². The summed E-state index contributed by atoms with van der Waals surface area (Å²) in [5, 5.41) is 8.40. The predicted molar refractivity (Wildman–Crippen MR) is 51.5 cm³/mol. The summed E-state index contributed by atoms with van der Waals surface area (Å²) in [4.78, 5) is 0. The molecule has 0 saturated heterocycles. The molecule has 3 heteroatoms. The highest BCUT2D eigenvalue weighted by Gasteiger charge is 2.02. The number of aliphatic hydroxyl groups is 1.